The van der Waals surface area contributed by atoms with Crippen molar-refractivity contribution >= 4 is 29.6 Å². The number of guanidine groups is 1. The molecular formula is C34H52N4O6. The summed E-state index contributed by atoms with van der Waals surface area (Å²) in [7, 11) is 1.92. The molecule has 0 atom stereocenters. The van der Waals surface area contributed by atoms with Gasteiger partial charge in [-0.05, 0) is 75.0 Å². The number of nitrogens with zero attached hydrogens (tertiary/aromatic N) is 3. The molecule has 0 aromatic heterocycles. The van der Waals surface area contributed by atoms with Crippen LogP contribution in [0.1, 0.15) is 110 Å². The van der Waals surface area contributed by atoms with Crippen molar-refractivity contribution < 1.29 is 28.6 Å². The van der Waals surface area contributed by atoms with Gasteiger partial charge in [0.2, 0.25) is 11.9 Å². The number of carbonyl (C=O) groups excluding carboxylic acids is 3. The number of aliphatic imine (C=N–C) groups is 1. The second kappa shape index (κ2) is 16.1. The van der Waals surface area contributed by atoms with Gasteiger partial charge in [0.25, 0.3) is 0 Å². The van der Waals surface area contributed by atoms with Gasteiger partial charge < -0.3 is 24.0 Å². The summed E-state index contributed by atoms with van der Waals surface area (Å²) in [4.78, 5) is 46.6. The molecule has 1 N–H and O–H groups in total. The molecule has 4 rings (SSSR count). The largest absolute Gasteiger partial charge is 0.494 e. The zero-order chi connectivity index (χ0) is 31.5. The van der Waals surface area contributed by atoms with Gasteiger partial charge in [-0.1, -0.05) is 46.5 Å². The normalized spacial score (nSPS) is 17.7. The van der Waals surface area contributed by atoms with Crippen LogP contribution in [-0.4, -0.2) is 72.7 Å². The van der Waals surface area contributed by atoms with Gasteiger partial charge in [-0.3, -0.25) is 14.9 Å². The van der Waals surface area contributed by atoms with Crippen molar-refractivity contribution in [3.8, 4) is 5.75 Å². The van der Waals surface area contributed by atoms with Crippen molar-refractivity contribution in [1.29, 1.82) is 0 Å². The Labute approximate surface area is 262 Å². The van der Waals surface area contributed by atoms with Crippen LogP contribution < -0.4 is 10.1 Å². The molecule has 2 fully saturated rings. The van der Waals surface area contributed by atoms with Crippen LogP contribution in [0, 0.1) is 5.41 Å². The van der Waals surface area contributed by atoms with Crippen molar-refractivity contribution in [2.75, 3.05) is 26.8 Å². The highest BCUT2D eigenvalue weighted by molar-refractivity contribution is 5.97. The lowest BCUT2D eigenvalue weighted by atomic mass is 9.92. The molecule has 10 nitrogen and oxygen atoms in total. The lowest BCUT2D eigenvalue weighted by Crippen LogP contribution is -2.48. The zero-order valence-electron chi connectivity index (χ0n) is 27.2. The van der Waals surface area contributed by atoms with E-state index in [1.807, 2.05) is 30.1 Å². The van der Waals surface area contributed by atoms with E-state index in [-0.39, 0.29) is 35.9 Å². The van der Waals surface area contributed by atoms with Gasteiger partial charge in [-0.2, -0.15) is 0 Å². The maximum Gasteiger partial charge on any atom is 0.414 e. The third-order valence-corrected chi connectivity index (χ3v) is 9.20. The lowest BCUT2D eigenvalue weighted by molar-refractivity contribution is -0.147. The van der Waals surface area contributed by atoms with Crippen LogP contribution in [-0.2, 0) is 25.6 Å². The third-order valence-electron chi connectivity index (χ3n) is 9.20. The number of hydrogen-bond acceptors (Lipinski definition) is 8. The molecule has 2 saturated carbocycles. The van der Waals surface area contributed by atoms with E-state index in [0.717, 1.165) is 56.9 Å². The summed E-state index contributed by atoms with van der Waals surface area (Å²) in [6.45, 7) is 7.19. The molecule has 0 bridgehead atoms. The number of hydrogen-bond donors (Lipinski definition) is 1. The Balaban J connectivity index is 1.36. The molecule has 1 aromatic rings. The van der Waals surface area contributed by atoms with Crippen LogP contribution in [0.25, 0.3) is 0 Å². The number of esters is 1. The van der Waals surface area contributed by atoms with Crippen LogP contribution in [0.3, 0.4) is 0 Å². The SMILES string of the molecule is CCC(C)(C)COC(=O)CN1Cc2cc(OCCCC(=O)N(C)C3CCCCC3)ccc2N=C1NC(=O)OC1CCCCC1. The maximum atomic E-state index is 12.9. The molecule has 2 aliphatic carbocycles. The second-order valence-electron chi connectivity index (χ2n) is 13.3. The average molecular weight is 613 g/mol. The second-order valence-corrected chi connectivity index (χ2v) is 13.3. The van der Waals surface area contributed by atoms with E-state index in [0.29, 0.717) is 50.1 Å². The minimum Gasteiger partial charge on any atom is -0.494 e. The number of alkyl carbamates (subject to hydrolysis) is 1. The number of carbonyl (C=O) groups is 3. The molecule has 1 aliphatic heterocycles. The molecule has 10 heteroatoms. The number of fused-ring (bicyclic) bond motifs is 1. The minimum absolute atomic E-state index is 0.0660. The Morgan fingerprint density at radius 1 is 1.05 bits per heavy atom. The highest BCUT2D eigenvalue weighted by Crippen LogP contribution is 2.30. The van der Waals surface area contributed by atoms with Crippen LogP contribution in [0.4, 0.5) is 10.5 Å². The first-order valence-electron chi connectivity index (χ1n) is 16.6. The Morgan fingerprint density at radius 2 is 1.75 bits per heavy atom. The predicted molar refractivity (Wildman–Crippen MR) is 170 cm³/mol. The number of benzene rings is 1. The van der Waals surface area contributed by atoms with Crippen molar-refractivity contribution in [1.82, 2.24) is 15.1 Å². The summed E-state index contributed by atoms with van der Waals surface area (Å²) in [6, 6.07) is 5.96. The van der Waals surface area contributed by atoms with Gasteiger partial charge in [0.15, 0.2) is 0 Å². The monoisotopic (exact) mass is 612 g/mol. The molecule has 2 amide bonds. The van der Waals surface area contributed by atoms with Crippen molar-refractivity contribution in [2.24, 2.45) is 10.4 Å². The number of ether oxygens (including phenoxy) is 3. The minimum atomic E-state index is -0.562. The fourth-order valence-corrected chi connectivity index (χ4v) is 5.89. The van der Waals surface area contributed by atoms with Gasteiger partial charge in [-0.25, -0.2) is 9.79 Å². The highest BCUT2D eigenvalue weighted by Gasteiger charge is 2.28. The van der Waals surface area contributed by atoms with Crippen LogP contribution >= 0.6 is 0 Å². The van der Waals surface area contributed by atoms with E-state index in [9.17, 15) is 14.4 Å². The van der Waals surface area contributed by atoms with Gasteiger partial charge in [0, 0.05) is 31.6 Å². The standard InChI is InChI=1S/C34H52N4O6/c1-5-34(2,3)24-43-31(40)23-38-22-25-21-28(42-20-12-17-30(39)37(4)26-13-8-6-9-14-26)18-19-29(25)35-32(38)36-33(41)44-27-15-10-7-11-16-27/h18-19,21,26-27H,5-17,20,22-24H2,1-4H3,(H,35,36,41). The Morgan fingerprint density at radius 3 is 2.45 bits per heavy atom. The Bertz CT molecular complexity index is 1160. The molecule has 244 valence electrons. The van der Waals surface area contributed by atoms with Gasteiger partial charge >= 0.3 is 12.1 Å². The first-order valence-corrected chi connectivity index (χ1v) is 16.6. The number of nitrogens with one attached hydrogen (secondary N) is 1. The Kier molecular flexibility index (Phi) is 12.3. The molecule has 1 aromatic carbocycles. The van der Waals surface area contributed by atoms with Crippen LogP contribution in [0.5, 0.6) is 5.75 Å². The molecule has 0 unspecified atom stereocenters. The Hall–Kier alpha value is -3.30. The third kappa shape index (κ3) is 10.1. The van der Waals surface area contributed by atoms with E-state index >= 15 is 0 Å². The van der Waals surface area contributed by atoms with Gasteiger partial charge in [-0.15, -0.1) is 0 Å². The van der Waals surface area contributed by atoms with Crippen molar-refractivity contribution in [3.05, 3.63) is 23.8 Å². The molecule has 1 heterocycles. The fourth-order valence-electron chi connectivity index (χ4n) is 5.89. The summed E-state index contributed by atoms with van der Waals surface area (Å²) in [6.07, 6.45) is 12.2. The van der Waals surface area contributed by atoms with Crippen LogP contribution in [0.15, 0.2) is 23.2 Å². The summed E-state index contributed by atoms with van der Waals surface area (Å²) in [5, 5.41) is 2.79. The molecular weight excluding hydrogens is 560 g/mol. The van der Waals surface area contributed by atoms with Gasteiger partial charge in [0.1, 0.15) is 18.4 Å². The van der Waals surface area contributed by atoms with E-state index in [4.69, 9.17) is 14.2 Å². The number of amides is 2. The lowest BCUT2D eigenvalue weighted by Gasteiger charge is -2.31. The molecule has 0 saturated heterocycles. The fraction of sp³-hybridized carbons (Fsp3) is 0.706. The van der Waals surface area contributed by atoms with Crippen molar-refractivity contribution in [3.63, 3.8) is 0 Å². The van der Waals surface area contributed by atoms with Gasteiger partial charge in [0.05, 0.1) is 18.9 Å². The topological polar surface area (TPSA) is 110 Å². The van der Waals surface area contributed by atoms with E-state index in [1.165, 1.54) is 19.3 Å². The average Bonchev–Trinajstić information content (AvgIpc) is 3.03. The molecule has 44 heavy (non-hydrogen) atoms. The smallest absolute Gasteiger partial charge is 0.414 e. The number of rotatable bonds is 12. The van der Waals surface area contributed by atoms with E-state index in [1.54, 1.807) is 4.90 Å². The van der Waals surface area contributed by atoms with E-state index in [2.05, 4.69) is 31.1 Å². The van der Waals surface area contributed by atoms with Crippen molar-refractivity contribution in [2.45, 2.75) is 123 Å². The first kappa shape index (κ1) is 33.6. The van der Waals surface area contributed by atoms with E-state index < -0.39 is 6.09 Å². The first-order chi connectivity index (χ1) is 21.1. The quantitative estimate of drug-likeness (QED) is 0.213. The maximum absolute atomic E-state index is 12.9. The summed E-state index contributed by atoms with van der Waals surface area (Å²) >= 11 is 0. The predicted octanol–water partition coefficient (Wildman–Crippen LogP) is 6.48. The molecule has 3 aliphatic rings. The molecule has 0 spiro atoms. The molecule has 0 radical (unpaired) electrons. The van der Waals surface area contributed by atoms with Crippen LogP contribution in [0.2, 0.25) is 0 Å². The summed E-state index contributed by atoms with van der Waals surface area (Å²) in [5.74, 6) is 0.721. The zero-order valence-corrected chi connectivity index (χ0v) is 27.2. The summed E-state index contributed by atoms with van der Waals surface area (Å²) in [5.41, 5.74) is 1.43. The highest BCUT2D eigenvalue weighted by atomic mass is 16.6. The summed E-state index contributed by atoms with van der Waals surface area (Å²) < 4.78 is 17.3.